The molecule has 0 unspecified atom stereocenters. The molecule has 1 N–H and O–H groups in total. The highest BCUT2D eigenvalue weighted by atomic mass is 32.2. The Morgan fingerprint density at radius 1 is 0.976 bits per heavy atom. The molecule has 2 aromatic heterocycles. The van der Waals surface area contributed by atoms with E-state index in [9.17, 15) is 9.18 Å². The minimum atomic E-state index is -0.347. The molecule has 0 spiro atoms. The summed E-state index contributed by atoms with van der Waals surface area (Å²) in [7, 11) is 5.60. The third kappa shape index (κ3) is 4.98. The van der Waals surface area contributed by atoms with Gasteiger partial charge in [0.05, 0.1) is 5.56 Å². The van der Waals surface area contributed by atoms with Crippen molar-refractivity contribution >= 4 is 39.2 Å². The molecule has 0 saturated carbocycles. The fourth-order valence-electron chi connectivity index (χ4n) is 5.53. The van der Waals surface area contributed by atoms with Crippen LogP contribution in [0.2, 0.25) is 0 Å². The van der Waals surface area contributed by atoms with Crippen LogP contribution >= 0.6 is 11.8 Å². The molecular weight excluding hydrogens is 545 g/mol. The standard InChI is InChI=1S/C35H32FN3O2S/c1-20-8-11-24(17-26(20)33-21(2)9-10-23-7-6-16-38-35(23)42-33)27-18-28-30(19-29(27)39(4)5)41-32(31(28)34(40)37-3)22-12-14-25(36)15-13-22/h6-8,11-19H,9-10H2,1-5H3,(H,37,40). The molecule has 1 aliphatic heterocycles. The molecule has 0 atom stereocenters. The van der Waals surface area contributed by atoms with E-state index in [1.807, 2.05) is 38.5 Å². The number of thioether (sulfide) groups is 1. The second kappa shape index (κ2) is 11.1. The lowest BCUT2D eigenvalue weighted by atomic mass is 9.94. The smallest absolute Gasteiger partial charge is 0.255 e. The first kappa shape index (κ1) is 27.8. The van der Waals surface area contributed by atoms with Gasteiger partial charge in [0.15, 0.2) is 0 Å². The van der Waals surface area contributed by atoms with E-state index in [1.165, 1.54) is 39.3 Å². The summed E-state index contributed by atoms with van der Waals surface area (Å²) >= 11 is 1.74. The number of benzene rings is 3. The monoisotopic (exact) mass is 577 g/mol. The number of nitrogens with one attached hydrogen (secondary N) is 1. The summed E-state index contributed by atoms with van der Waals surface area (Å²) in [6, 6.07) is 20.8. The Hall–Kier alpha value is -4.36. The van der Waals surface area contributed by atoms with Crippen LogP contribution in [0.25, 0.3) is 38.3 Å². The van der Waals surface area contributed by atoms with Gasteiger partial charge in [0.2, 0.25) is 0 Å². The minimum absolute atomic E-state index is 0.261. The van der Waals surface area contributed by atoms with Crippen molar-refractivity contribution in [3.8, 4) is 22.5 Å². The summed E-state index contributed by atoms with van der Waals surface area (Å²) in [4.78, 5) is 21.2. The number of furan rings is 1. The van der Waals surface area contributed by atoms with Crippen LogP contribution in [0.5, 0.6) is 0 Å². The zero-order valence-electron chi connectivity index (χ0n) is 24.3. The summed E-state index contributed by atoms with van der Waals surface area (Å²) in [5.41, 5.74) is 9.66. The van der Waals surface area contributed by atoms with Gasteiger partial charge < -0.3 is 14.6 Å². The maximum Gasteiger partial charge on any atom is 0.255 e. The lowest BCUT2D eigenvalue weighted by molar-refractivity contribution is 0.0964. The van der Waals surface area contributed by atoms with E-state index in [0.717, 1.165) is 34.7 Å². The predicted octanol–water partition coefficient (Wildman–Crippen LogP) is 8.50. The van der Waals surface area contributed by atoms with Gasteiger partial charge in [-0.15, -0.1) is 0 Å². The van der Waals surface area contributed by atoms with Crippen LogP contribution in [0.3, 0.4) is 0 Å². The molecule has 6 rings (SSSR count). The van der Waals surface area contributed by atoms with Gasteiger partial charge >= 0.3 is 0 Å². The van der Waals surface area contributed by atoms with Crippen LogP contribution in [0.1, 0.15) is 40.4 Å². The van der Waals surface area contributed by atoms with Crippen molar-refractivity contribution < 1.29 is 13.6 Å². The van der Waals surface area contributed by atoms with Gasteiger partial charge in [-0.2, -0.15) is 0 Å². The van der Waals surface area contributed by atoms with E-state index in [0.29, 0.717) is 27.9 Å². The van der Waals surface area contributed by atoms with Gasteiger partial charge in [-0.25, -0.2) is 9.37 Å². The van der Waals surface area contributed by atoms with Crippen molar-refractivity contribution in [1.82, 2.24) is 10.3 Å². The summed E-state index contributed by atoms with van der Waals surface area (Å²) in [5.74, 6) is -0.194. The summed E-state index contributed by atoms with van der Waals surface area (Å²) in [5, 5.41) is 4.52. The van der Waals surface area contributed by atoms with Crippen LogP contribution < -0.4 is 10.2 Å². The molecule has 5 aromatic rings. The van der Waals surface area contributed by atoms with Crippen LogP contribution in [-0.2, 0) is 6.42 Å². The van der Waals surface area contributed by atoms with Crippen molar-refractivity contribution in [2.24, 2.45) is 0 Å². The Bertz CT molecular complexity index is 1870. The number of rotatable bonds is 5. The SMILES string of the molecule is CNC(=O)c1c(-c2ccc(F)cc2)oc2cc(N(C)C)c(-c3ccc(C)c(C4=C(C)CCc5cccnc5S4)c3)cc12. The third-order valence-electron chi connectivity index (χ3n) is 7.85. The van der Waals surface area contributed by atoms with Gasteiger partial charge in [0.1, 0.15) is 22.2 Å². The van der Waals surface area contributed by atoms with Gasteiger partial charge in [-0.3, -0.25) is 4.79 Å². The van der Waals surface area contributed by atoms with Crippen LogP contribution in [-0.4, -0.2) is 32.0 Å². The summed E-state index contributed by atoms with van der Waals surface area (Å²) < 4.78 is 20.0. The number of amides is 1. The molecule has 0 bridgehead atoms. The van der Waals surface area contributed by atoms with Gasteiger partial charge in [-0.05, 0) is 91.4 Å². The Balaban J connectivity index is 1.54. The third-order valence-corrected chi connectivity index (χ3v) is 9.18. The number of aryl methyl sites for hydroxylation is 2. The second-order valence-corrected chi connectivity index (χ2v) is 11.9. The van der Waals surface area contributed by atoms with Crippen molar-refractivity contribution in [2.45, 2.75) is 31.7 Å². The van der Waals surface area contributed by atoms with Crippen molar-refractivity contribution in [3.63, 3.8) is 0 Å². The molecule has 5 nitrogen and oxygen atoms in total. The Morgan fingerprint density at radius 3 is 2.48 bits per heavy atom. The van der Waals surface area contributed by atoms with Crippen LogP contribution in [0.4, 0.5) is 10.1 Å². The topological polar surface area (TPSA) is 58.4 Å². The minimum Gasteiger partial charge on any atom is -0.455 e. The quantitative estimate of drug-likeness (QED) is 0.227. The summed E-state index contributed by atoms with van der Waals surface area (Å²) in [6.45, 7) is 4.37. The molecule has 1 aliphatic rings. The lowest BCUT2D eigenvalue weighted by Crippen LogP contribution is -2.18. The zero-order valence-corrected chi connectivity index (χ0v) is 25.2. The number of carbonyl (C=O) groups is 1. The van der Waals surface area contributed by atoms with Crippen molar-refractivity contribution in [3.05, 3.63) is 107 Å². The number of anilines is 1. The van der Waals surface area contributed by atoms with Gasteiger partial charge in [-0.1, -0.05) is 35.5 Å². The molecule has 1 amide bonds. The normalized spacial score (nSPS) is 13.2. The number of carbonyl (C=O) groups excluding carboxylic acids is 1. The highest BCUT2D eigenvalue weighted by Crippen LogP contribution is 2.45. The second-order valence-electron chi connectivity index (χ2n) is 10.9. The van der Waals surface area contributed by atoms with E-state index in [-0.39, 0.29) is 11.7 Å². The molecule has 0 saturated heterocycles. The Labute approximate surface area is 249 Å². The number of nitrogens with zero attached hydrogens (tertiary/aromatic N) is 2. The number of allylic oxidation sites excluding steroid dienone is 1. The average Bonchev–Trinajstić information content (AvgIpc) is 3.28. The van der Waals surface area contributed by atoms with E-state index in [1.54, 1.807) is 30.9 Å². The Kier molecular flexibility index (Phi) is 7.37. The molecule has 0 aliphatic carbocycles. The highest BCUT2D eigenvalue weighted by Gasteiger charge is 2.25. The average molecular weight is 578 g/mol. The fraction of sp³-hybridized carbons (Fsp3) is 0.200. The van der Waals surface area contributed by atoms with Crippen LogP contribution in [0, 0.1) is 12.7 Å². The van der Waals surface area contributed by atoms with Crippen LogP contribution in [0.15, 0.2) is 87.9 Å². The number of aromatic nitrogens is 1. The van der Waals surface area contributed by atoms with Crippen molar-refractivity contribution in [2.75, 3.05) is 26.0 Å². The molecule has 3 aromatic carbocycles. The molecule has 42 heavy (non-hydrogen) atoms. The van der Waals surface area contributed by atoms with Gasteiger partial charge in [0, 0.05) is 60.5 Å². The van der Waals surface area contributed by atoms with Crippen molar-refractivity contribution in [1.29, 1.82) is 0 Å². The zero-order chi connectivity index (χ0) is 29.5. The summed E-state index contributed by atoms with van der Waals surface area (Å²) in [6.07, 6.45) is 3.82. The number of hydrogen-bond donors (Lipinski definition) is 1. The van der Waals surface area contributed by atoms with E-state index < -0.39 is 0 Å². The maximum atomic E-state index is 13.7. The molecule has 0 radical (unpaired) electrons. The molecule has 0 fully saturated rings. The first-order valence-corrected chi connectivity index (χ1v) is 14.8. The predicted molar refractivity (Wildman–Crippen MR) is 171 cm³/mol. The molecule has 212 valence electrons. The van der Waals surface area contributed by atoms with E-state index >= 15 is 0 Å². The van der Waals surface area contributed by atoms with Gasteiger partial charge in [0.25, 0.3) is 5.91 Å². The van der Waals surface area contributed by atoms with E-state index in [2.05, 4.69) is 48.3 Å². The molecule has 7 heteroatoms. The Morgan fingerprint density at radius 2 is 1.74 bits per heavy atom. The molecule has 3 heterocycles. The highest BCUT2D eigenvalue weighted by molar-refractivity contribution is 8.08. The number of hydrogen-bond acceptors (Lipinski definition) is 5. The number of fused-ring (bicyclic) bond motifs is 2. The first-order chi connectivity index (χ1) is 20.2. The molecular formula is C35H32FN3O2S. The largest absolute Gasteiger partial charge is 0.455 e. The number of halogens is 1. The first-order valence-electron chi connectivity index (χ1n) is 13.9. The number of pyridine rings is 1. The maximum absolute atomic E-state index is 13.7. The van der Waals surface area contributed by atoms with E-state index in [4.69, 9.17) is 9.40 Å². The lowest BCUT2D eigenvalue weighted by Gasteiger charge is -2.20. The fourth-order valence-corrected chi connectivity index (χ4v) is 6.75.